The number of amides is 1. The number of benzene rings is 1. The fourth-order valence-electron chi connectivity index (χ4n) is 5.59. The van der Waals surface area contributed by atoms with Crippen LogP contribution in [0.1, 0.15) is 57.6 Å². The van der Waals surface area contributed by atoms with E-state index in [1.54, 1.807) is 26.0 Å². The highest BCUT2D eigenvalue weighted by Crippen LogP contribution is 2.46. The van der Waals surface area contributed by atoms with Gasteiger partial charge in [0.15, 0.2) is 0 Å². The second-order valence-electron chi connectivity index (χ2n) is 10.4. The molecule has 188 valence electrons. The van der Waals surface area contributed by atoms with E-state index in [1.165, 1.54) is 0 Å². The van der Waals surface area contributed by atoms with Crippen molar-refractivity contribution >= 4 is 11.9 Å². The van der Waals surface area contributed by atoms with E-state index >= 15 is 0 Å². The van der Waals surface area contributed by atoms with Gasteiger partial charge in [0.05, 0.1) is 12.5 Å². The van der Waals surface area contributed by atoms with E-state index in [9.17, 15) is 27.9 Å². The molecule has 5 atom stereocenters. The number of carbonyl (C=O) groups is 2. The van der Waals surface area contributed by atoms with Gasteiger partial charge in [-0.25, -0.2) is 0 Å². The third-order valence-electron chi connectivity index (χ3n) is 7.51. The van der Waals surface area contributed by atoms with Crippen molar-refractivity contribution in [2.45, 2.75) is 82.2 Å². The van der Waals surface area contributed by atoms with Crippen molar-refractivity contribution in [3.63, 3.8) is 0 Å². The van der Waals surface area contributed by atoms with E-state index in [0.29, 0.717) is 43.6 Å². The molecule has 1 aromatic carbocycles. The molecule has 1 amide bonds. The quantitative estimate of drug-likeness (QED) is 0.595. The molecule has 2 fully saturated rings. The summed E-state index contributed by atoms with van der Waals surface area (Å²) in [5, 5.41) is 13.3. The van der Waals surface area contributed by atoms with Gasteiger partial charge in [0.1, 0.15) is 5.75 Å². The molecule has 1 saturated carbocycles. The molecular formula is C24H31F3N2O5. The third kappa shape index (κ3) is 4.37. The fourth-order valence-corrected chi connectivity index (χ4v) is 5.59. The van der Waals surface area contributed by atoms with Gasteiger partial charge in [-0.3, -0.25) is 9.59 Å². The van der Waals surface area contributed by atoms with Crippen LogP contribution in [0.5, 0.6) is 5.75 Å². The maximum absolute atomic E-state index is 14.2. The Hall–Kier alpha value is -2.33. The molecule has 7 nitrogen and oxygen atoms in total. The van der Waals surface area contributed by atoms with Gasteiger partial charge >= 0.3 is 12.1 Å². The number of para-hydroxylation sites is 1. The maximum Gasteiger partial charge on any atom is 0.426 e. The number of hydroxylamine groups is 1. The van der Waals surface area contributed by atoms with Crippen LogP contribution in [-0.2, 0) is 26.3 Å². The van der Waals surface area contributed by atoms with Crippen molar-refractivity contribution in [1.82, 2.24) is 10.8 Å². The molecule has 0 aromatic heterocycles. The van der Waals surface area contributed by atoms with Gasteiger partial charge in [0, 0.05) is 30.5 Å². The SMILES string of the molecule is CC1NOC(=O)C2CCC(NC(=O)C(O)(CC(C)(C)c3cccc4c3OCC4)C(F)(F)F)CC12. The topological polar surface area (TPSA) is 96.9 Å². The molecule has 0 spiro atoms. The van der Waals surface area contributed by atoms with E-state index in [-0.39, 0.29) is 23.8 Å². The van der Waals surface area contributed by atoms with Crippen molar-refractivity contribution in [3.8, 4) is 5.75 Å². The minimum atomic E-state index is -5.19. The molecule has 2 heterocycles. The van der Waals surface area contributed by atoms with Crippen LogP contribution >= 0.6 is 0 Å². The summed E-state index contributed by atoms with van der Waals surface area (Å²) in [5.74, 6) is -1.87. The predicted octanol–water partition coefficient (Wildman–Crippen LogP) is 2.93. The Morgan fingerprint density at radius 2 is 2.00 bits per heavy atom. The summed E-state index contributed by atoms with van der Waals surface area (Å²) >= 11 is 0. The summed E-state index contributed by atoms with van der Waals surface area (Å²) in [7, 11) is 0. The highest BCUT2D eigenvalue weighted by atomic mass is 19.4. The second kappa shape index (κ2) is 8.71. The highest BCUT2D eigenvalue weighted by Gasteiger charge is 2.62. The van der Waals surface area contributed by atoms with E-state index in [0.717, 1.165) is 5.56 Å². The molecule has 5 unspecified atom stereocenters. The van der Waals surface area contributed by atoms with E-state index in [1.807, 2.05) is 13.0 Å². The average molecular weight is 485 g/mol. The summed E-state index contributed by atoms with van der Waals surface area (Å²) in [5.41, 5.74) is -0.749. The first kappa shape index (κ1) is 24.8. The van der Waals surface area contributed by atoms with Crippen LogP contribution in [0.4, 0.5) is 13.2 Å². The molecule has 2 aliphatic heterocycles. The van der Waals surface area contributed by atoms with Crippen molar-refractivity contribution < 1.29 is 37.4 Å². The number of halogens is 3. The van der Waals surface area contributed by atoms with Crippen molar-refractivity contribution in [1.29, 1.82) is 0 Å². The van der Waals surface area contributed by atoms with Crippen LogP contribution in [0.25, 0.3) is 0 Å². The monoisotopic (exact) mass is 484 g/mol. The average Bonchev–Trinajstić information content (AvgIpc) is 3.24. The largest absolute Gasteiger partial charge is 0.493 e. The van der Waals surface area contributed by atoms with E-state index in [4.69, 9.17) is 9.57 Å². The number of hydrogen-bond donors (Lipinski definition) is 3. The Balaban J connectivity index is 1.54. The molecule has 0 radical (unpaired) electrons. The molecule has 34 heavy (non-hydrogen) atoms. The summed E-state index contributed by atoms with van der Waals surface area (Å²) in [6, 6.07) is 4.50. The second-order valence-corrected chi connectivity index (χ2v) is 10.4. The van der Waals surface area contributed by atoms with Gasteiger partial charge in [0.25, 0.3) is 5.91 Å². The Kier molecular flexibility index (Phi) is 6.35. The summed E-state index contributed by atoms with van der Waals surface area (Å²) in [4.78, 5) is 29.9. The van der Waals surface area contributed by atoms with Gasteiger partial charge in [-0.05, 0) is 43.1 Å². The van der Waals surface area contributed by atoms with Gasteiger partial charge in [-0.2, -0.15) is 13.2 Å². The zero-order valence-corrected chi connectivity index (χ0v) is 19.5. The Morgan fingerprint density at radius 1 is 1.26 bits per heavy atom. The van der Waals surface area contributed by atoms with Crippen LogP contribution in [0.15, 0.2) is 18.2 Å². The number of ether oxygens (including phenoxy) is 1. The zero-order chi connectivity index (χ0) is 24.9. The van der Waals surface area contributed by atoms with Crippen LogP contribution in [0, 0.1) is 11.8 Å². The number of alkyl halides is 3. The summed E-state index contributed by atoms with van der Waals surface area (Å²) in [6.07, 6.45) is -4.35. The number of hydrogen-bond acceptors (Lipinski definition) is 6. The van der Waals surface area contributed by atoms with Gasteiger partial charge < -0.3 is 20.0 Å². The molecule has 3 N–H and O–H groups in total. The van der Waals surface area contributed by atoms with Crippen molar-refractivity contribution in [2.75, 3.05) is 6.61 Å². The van der Waals surface area contributed by atoms with E-state index < -0.39 is 35.6 Å². The standard InChI is InChI=1S/C24H31F3N2O5/c1-13-17-11-15(7-8-16(17)20(30)34-29-13)28-21(31)23(32,24(25,26)27)12-22(2,3)18-6-4-5-14-9-10-33-19(14)18/h4-6,13,15-17,29,32H,7-12H2,1-3H3,(H,28,31). The van der Waals surface area contributed by atoms with Gasteiger partial charge in [-0.1, -0.05) is 32.0 Å². The molecule has 4 rings (SSSR count). The molecule has 10 heteroatoms. The zero-order valence-electron chi connectivity index (χ0n) is 19.5. The first-order chi connectivity index (χ1) is 15.8. The van der Waals surface area contributed by atoms with E-state index in [2.05, 4.69) is 10.8 Å². The maximum atomic E-state index is 14.2. The Bertz CT molecular complexity index is 966. The molecule has 0 bridgehead atoms. The smallest absolute Gasteiger partial charge is 0.426 e. The summed E-state index contributed by atoms with van der Waals surface area (Å²) < 4.78 is 48.3. The first-order valence-corrected chi connectivity index (χ1v) is 11.6. The molecule has 3 aliphatic rings. The fraction of sp³-hybridized carbons (Fsp3) is 0.667. The summed E-state index contributed by atoms with van der Waals surface area (Å²) in [6.45, 7) is 5.40. The van der Waals surface area contributed by atoms with Crippen LogP contribution in [0.2, 0.25) is 0 Å². The minimum absolute atomic E-state index is 0.181. The minimum Gasteiger partial charge on any atom is -0.493 e. The lowest BCUT2D eigenvalue weighted by Gasteiger charge is -2.42. The van der Waals surface area contributed by atoms with Crippen LogP contribution in [0.3, 0.4) is 0 Å². The lowest BCUT2D eigenvalue weighted by atomic mass is 9.72. The van der Waals surface area contributed by atoms with Crippen LogP contribution in [-0.4, -0.2) is 47.5 Å². The number of aliphatic hydroxyl groups is 1. The van der Waals surface area contributed by atoms with Crippen molar-refractivity contribution in [2.24, 2.45) is 11.8 Å². The Labute approximate surface area is 196 Å². The van der Waals surface area contributed by atoms with Crippen LogP contribution < -0.4 is 15.5 Å². The normalized spacial score (nSPS) is 28.7. The lowest BCUT2D eigenvalue weighted by Crippen LogP contribution is -2.62. The van der Waals surface area contributed by atoms with Gasteiger partial charge in [0.2, 0.25) is 5.60 Å². The predicted molar refractivity (Wildman–Crippen MR) is 116 cm³/mol. The molecule has 1 aromatic rings. The van der Waals surface area contributed by atoms with Gasteiger partial charge in [-0.15, -0.1) is 5.48 Å². The number of carbonyl (C=O) groups excluding carboxylic acids is 2. The molecule has 1 aliphatic carbocycles. The Morgan fingerprint density at radius 3 is 2.71 bits per heavy atom. The third-order valence-corrected chi connectivity index (χ3v) is 7.51. The van der Waals surface area contributed by atoms with Crippen molar-refractivity contribution in [3.05, 3.63) is 29.3 Å². The highest BCUT2D eigenvalue weighted by molar-refractivity contribution is 5.86. The molecular weight excluding hydrogens is 453 g/mol. The first-order valence-electron chi connectivity index (χ1n) is 11.6. The lowest BCUT2D eigenvalue weighted by molar-refractivity contribution is -0.257. The molecule has 1 saturated heterocycles. The number of rotatable bonds is 5. The number of fused-ring (bicyclic) bond motifs is 2. The number of nitrogens with one attached hydrogen (secondary N) is 2.